The Balaban J connectivity index is 0.000000275. The van der Waals surface area contributed by atoms with Gasteiger partial charge in [0.05, 0.1) is 21.3 Å². The number of hydrogen-bond donors (Lipinski definition) is 3. The zero-order chi connectivity index (χ0) is 39.7. The van der Waals surface area contributed by atoms with Gasteiger partial charge in [-0.2, -0.15) is 39.6 Å². The highest BCUT2D eigenvalue weighted by atomic mass is 32.2. The maximum absolute atomic E-state index is 12.2. The molecule has 0 aromatic heterocycles. The van der Waals surface area contributed by atoms with Gasteiger partial charge in [-0.1, -0.05) is 60.0 Å². The van der Waals surface area contributed by atoms with Gasteiger partial charge in [-0.25, -0.2) is 34.7 Å². The van der Waals surface area contributed by atoms with E-state index in [1.165, 1.54) is 0 Å². The standard InChI is InChI=1S/C13H21NO2S2.C12H19NO3S2.C12H17NO2S2/c1-4-12(9-10-17-3)14-18(15,16)13-7-5-11(2)6-8-13;1-10-3-5-12(6-4-10)18(15,16)13-11(9-14)7-8-17-2;1-10-3-5-12(6-4-10)17(14,15)13-9-11(13)7-8-16-2/h5-8,12,14H,4,9-10H2,1-3H3;3-6,11,13-14H,7-9H2,1-2H3;3-6,11H,7-9H2,1-2H3/t12-;11-;11-,13?/m100/s1. The van der Waals surface area contributed by atoms with E-state index in [2.05, 4.69) is 9.44 Å². The second-order valence-electron chi connectivity index (χ2n) is 12.7. The Kier molecular flexibility index (Phi) is 21.1. The molecule has 0 spiro atoms. The summed E-state index contributed by atoms with van der Waals surface area (Å²) in [7, 11) is -10.2. The van der Waals surface area contributed by atoms with Crippen LogP contribution in [-0.4, -0.2) is 102 Å². The summed E-state index contributed by atoms with van der Waals surface area (Å²) in [4.78, 5) is 0.987. The van der Waals surface area contributed by atoms with Crippen molar-refractivity contribution in [2.24, 2.45) is 0 Å². The lowest BCUT2D eigenvalue weighted by Gasteiger charge is -2.16. The van der Waals surface area contributed by atoms with Crippen molar-refractivity contribution >= 4 is 65.4 Å². The molecule has 0 radical (unpaired) electrons. The lowest BCUT2D eigenvalue weighted by molar-refractivity contribution is 0.254. The van der Waals surface area contributed by atoms with Crippen LogP contribution in [0, 0.1) is 20.8 Å². The summed E-state index contributed by atoms with van der Waals surface area (Å²) < 4.78 is 79.7. The molecule has 298 valence electrons. The lowest BCUT2D eigenvalue weighted by Crippen LogP contribution is -2.37. The van der Waals surface area contributed by atoms with Gasteiger partial charge >= 0.3 is 0 Å². The van der Waals surface area contributed by atoms with E-state index in [1.54, 1.807) is 88.1 Å². The highest BCUT2D eigenvalue weighted by Crippen LogP contribution is 2.31. The van der Waals surface area contributed by atoms with Crippen LogP contribution in [-0.2, 0) is 30.1 Å². The van der Waals surface area contributed by atoms with Gasteiger partial charge in [0.1, 0.15) is 0 Å². The van der Waals surface area contributed by atoms with Crippen molar-refractivity contribution in [2.75, 3.05) is 49.2 Å². The third kappa shape index (κ3) is 16.6. The third-order valence-corrected chi connectivity index (χ3v) is 15.2. The van der Waals surface area contributed by atoms with Gasteiger partial charge in [-0.05, 0) is 119 Å². The van der Waals surface area contributed by atoms with Crippen LogP contribution in [0.5, 0.6) is 0 Å². The second-order valence-corrected chi connectivity index (χ2v) is 21.0. The Morgan fingerprint density at radius 2 is 1.02 bits per heavy atom. The first-order chi connectivity index (χ1) is 25.0. The average Bonchev–Trinajstić information content (AvgIpc) is 3.93. The molecule has 1 heterocycles. The molecule has 1 aliphatic heterocycles. The van der Waals surface area contributed by atoms with Crippen LogP contribution in [0.1, 0.15) is 49.3 Å². The van der Waals surface area contributed by atoms with Crippen LogP contribution >= 0.6 is 35.3 Å². The first-order valence-corrected chi connectivity index (χ1v) is 26.0. The summed E-state index contributed by atoms with van der Waals surface area (Å²) in [5.74, 6) is 2.79. The average molecular weight is 848 g/mol. The van der Waals surface area contributed by atoms with Crippen LogP contribution in [0.3, 0.4) is 0 Å². The van der Waals surface area contributed by atoms with Gasteiger partial charge in [0.15, 0.2) is 0 Å². The normalized spacial score (nSPS) is 16.8. The van der Waals surface area contributed by atoms with Crippen molar-refractivity contribution in [3.63, 3.8) is 0 Å². The summed E-state index contributed by atoms with van der Waals surface area (Å²) in [6.07, 6.45) is 9.26. The number of nitrogens with zero attached hydrogens (tertiary/aromatic N) is 1. The summed E-state index contributed by atoms with van der Waals surface area (Å²) >= 11 is 5.12. The van der Waals surface area contributed by atoms with Gasteiger partial charge in [0, 0.05) is 24.7 Å². The molecule has 1 fully saturated rings. The van der Waals surface area contributed by atoms with Gasteiger partial charge in [0.25, 0.3) is 0 Å². The molecule has 0 bridgehead atoms. The summed E-state index contributed by atoms with van der Waals surface area (Å²) in [6.45, 7) is 8.29. The van der Waals surface area contributed by atoms with Crippen molar-refractivity contribution < 1.29 is 30.4 Å². The minimum absolute atomic E-state index is 0.0174. The monoisotopic (exact) mass is 847 g/mol. The Morgan fingerprint density at radius 1 is 0.642 bits per heavy atom. The number of sulfonamides is 3. The van der Waals surface area contributed by atoms with E-state index in [0.717, 1.165) is 53.2 Å². The fraction of sp³-hybridized carbons (Fsp3) is 0.514. The van der Waals surface area contributed by atoms with Crippen molar-refractivity contribution in [1.29, 1.82) is 0 Å². The van der Waals surface area contributed by atoms with Crippen LogP contribution < -0.4 is 9.44 Å². The van der Waals surface area contributed by atoms with Crippen molar-refractivity contribution in [3.05, 3.63) is 89.5 Å². The van der Waals surface area contributed by atoms with Gasteiger partial charge < -0.3 is 5.11 Å². The number of thioether (sulfide) groups is 3. The van der Waals surface area contributed by atoms with Crippen LogP contribution in [0.15, 0.2) is 87.5 Å². The van der Waals surface area contributed by atoms with Crippen LogP contribution in [0.25, 0.3) is 0 Å². The van der Waals surface area contributed by atoms with Crippen molar-refractivity contribution in [1.82, 2.24) is 13.7 Å². The van der Waals surface area contributed by atoms with Crippen molar-refractivity contribution in [2.45, 2.75) is 86.2 Å². The van der Waals surface area contributed by atoms with Gasteiger partial charge in [-0.3, -0.25) is 0 Å². The van der Waals surface area contributed by atoms with E-state index in [-0.39, 0.29) is 23.6 Å². The first kappa shape index (κ1) is 47.6. The molecule has 0 aliphatic carbocycles. The van der Waals surface area contributed by atoms with E-state index >= 15 is 0 Å². The Hall–Kier alpha value is -1.60. The third-order valence-electron chi connectivity index (χ3n) is 8.31. The minimum Gasteiger partial charge on any atom is -0.395 e. The highest BCUT2D eigenvalue weighted by molar-refractivity contribution is 7.99. The second kappa shape index (κ2) is 23.5. The number of hydrogen-bond acceptors (Lipinski definition) is 10. The molecule has 1 aliphatic rings. The number of rotatable bonds is 19. The molecule has 53 heavy (non-hydrogen) atoms. The van der Waals surface area contributed by atoms with E-state index in [1.807, 2.05) is 70.7 Å². The van der Waals surface area contributed by atoms with Crippen molar-refractivity contribution in [3.8, 4) is 0 Å². The fourth-order valence-electron chi connectivity index (χ4n) is 4.85. The van der Waals surface area contributed by atoms with Crippen LogP contribution in [0.2, 0.25) is 0 Å². The Morgan fingerprint density at radius 3 is 1.40 bits per heavy atom. The predicted octanol–water partition coefficient (Wildman–Crippen LogP) is 6.31. The topological polar surface area (TPSA) is 150 Å². The summed E-state index contributed by atoms with van der Waals surface area (Å²) in [6, 6.07) is 20.5. The number of aliphatic hydroxyl groups excluding tert-OH is 1. The summed E-state index contributed by atoms with van der Waals surface area (Å²) in [5.41, 5.74) is 3.15. The molecule has 3 N–H and O–H groups in total. The maximum Gasteiger partial charge on any atom is 0.243 e. The fourth-order valence-corrected chi connectivity index (χ4v) is 10.6. The molecule has 10 nitrogen and oxygen atoms in total. The van der Waals surface area contributed by atoms with Gasteiger partial charge in [-0.15, -0.1) is 0 Å². The number of aliphatic hydroxyl groups is 1. The van der Waals surface area contributed by atoms with E-state index in [4.69, 9.17) is 0 Å². The SMILES string of the molecule is CC[C@H](CCSC)NS(=O)(=O)c1ccc(C)cc1.CSCC[C@@H](CO)NS(=O)(=O)c1ccc(C)cc1.CSCC[C@H]1CN1S(=O)(=O)c1ccc(C)cc1. The molecule has 3 aromatic rings. The molecule has 3 aromatic carbocycles. The van der Waals surface area contributed by atoms with Crippen LogP contribution in [0.4, 0.5) is 0 Å². The highest BCUT2D eigenvalue weighted by Gasteiger charge is 2.43. The first-order valence-electron chi connectivity index (χ1n) is 17.4. The Labute approximate surface area is 332 Å². The molecule has 0 saturated carbocycles. The molecule has 1 saturated heterocycles. The number of benzene rings is 3. The lowest BCUT2D eigenvalue weighted by atomic mass is 10.2. The maximum atomic E-state index is 12.2. The smallest absolute Gasteiger partial charge is 0.243 e. The van der Waals surface area contributed by atoms with E-state index in [0.29, 0.717) is 22.8 Å². The number of aryl methyl sites for hydroxylation is 3. The Bertz CT molecular complexity index is 1740. The van der Waals surface area contributed by atoms with Gasteiger partial charge in [0.2, 0.25) is 30.1 Å². The van der Waals surface area contributed by atoms with E-state index in [9.17, 15) is 30.4 Å². The number of nitrogens with one attached hydrogen (secondary N) is 2. The van der Waals surface area contributed by atoms with E-state index < -0.39 is 36.1 Å². The zero-order valence-corrected chi connectivity index (χ0v) is 36.7. The molecule has 4 atom stereocenters. The molecular weight excluding hydrogens is 791 g/mol. The molecular formula is C37H57N3O7S6. The predicted molar refractivity (Wildman–Crippen MR) is 226 cm³/mol. The minimum atomic E-state index is -3.54. The quantitative estimate of drug-likeness (QED) is 0.117. The molecule has 0 amide bonds. The molecule has 16 heteroatoms. The molecule has 4 rings (SSSR count). The largest absolute Gasteiger partial charge is 0.395 e. The summed E-state index contributed by atoms with van der Waals surface area (Å²) in [5, 5.41) is 9.17. The molecule has 1 unspecified atom stereocenters. The zero-order valence-electron chi connectivity index (χ0n) is 31.8.